The van der Waals surface area contributed by atoms with E-state index in [0.717, 1.165) is 6.07 Å². The number of carboxylic acid groups (broad SMARTS) is 1. The van der Waals surface area contributed by atoms with E-state index in [1.54, 1.807) is 0 Å². The summed E-state index contributed by atoms with van der Waals surface area (Å²) in [5.74, 6) is -1.31. The molecule has 1 heterocycles. The Morgan fingerprint density at radius 1 is 1.56 bits per heavy atom. The molecule has 0 aliphatic heterocycles. The smallest absolute Gasteiger partial charge is 0.307 e. The third-order valence-electron chi connectivity index (χ3n) is 1.81. The predicted molar refractivity (Wildman–Crippen MR) is 55.1 cm³/mol. The Morgan fingerprint density at radius 2 is 2.19 bits per heavy atom. The van der Waals surface area contributed by atoms with Crippen molar-refractivity contribution < 1.29 is 18.7 Å². The molecule has 88 valence electrons. The van der Waals surface area contributed by atoms with Crippen LogP contribution in [0.15, 0.2) is 6.07 Å². The molecule has 0 saturated carbocycles. The van der Waals surface area contributed by atoms with Crippen LogP contribution in [-0.2, 0) is 17.1 Å². The lowest BCUT2D eigenvalue weighted by Crippen LogP contribution is -2.05. The second-order valence-corrected chi connectivity index (χ2v) is 3.62. The van der Waals surface area contributed by atoms with Crippen molar-refractivity contribution in [3.05, 3.63) is 28.0 Å². The highest BCUT2D eigenvalue weighted by molar-refractivity contribution is 6.33. The number of halogens is 4. The first-order chi connectivity index (χ1) is 7.45. The van der Waals surface area contributed by atoms with E-state index in [1.807, 2.05) is 0 Å². The molecule has 0 aliphatic rings. The van der Waals surface area contributed by atoms with Gasteiger partial charge in [-0.3, -0.25) is 4.79 Å². The van der Waals surface area contributed by atoms with Crippen LogP contribution in [0.3, 0.4) is 0 Å². The molecule has 0 spiro atoms. The summed E-state index contributed by atoms with van der Waals surface area (Å²) in [7, 11) is 0. The first-order valence-electron chi connectivity index (χ1n) is 4.19. The third kappa shape index (κ3) is 3.02. The number of hydrogen-bond donors (Lipinski definition) is 1. The van der Waals surface area contributed by atoms with Gasteiger partial charge in [0.15, 0.2) is 0 Å². The Hall–Kier alpha value is -0.940. The number of hydrogen-bond acceptors (Lipinski definition) is 2. The van der Waals surface area contributed by atoms with Gasteiger partial charge in [0.05, 0.1) is 23.0 Å². The van der Waals surface area contributed by atoms with Gasteiger partial charge in [0.2, 0.25) is 0 Å². The van der Waals surface area contributed by atoms with Crippen molar-refractivity contribution in [2.75, 3.05) is 0 Å². The van der Waals surface area contributed by atoms with Gasteiger partial charge in [0.1, 0.15) is 5.69 Å². The highest BCUT2D eigenvalue weighted by Crippen LogP contribution is 2.27. The summed E-state index contributed by atoms with van der Waals surface area (Å²) in [5, 5.41) is 8.61. The third-order valence-corrected chi connectivity index (χ3v) is 2.53. The summed E-state index contributed by atoms with van der Waals surface area (Å²) in [4.78, 5) is 14.1. The van der Waals surface area contributed by atoms with E-state index in [-0.39, 0.29) is 22.2 Å². The Bertz CT molecular complexity index is 413. The summed E-state index contributed by atoms with van der Waals surface area (Å²) < 4.78 is 24.9. The summed E-state index contributed by atoms with van der Waals surface area (Å²) in [6, 6.07) is 0.983. The highest BCUT2D eigenvalue weighted by Gasteiger charge is 2.17. The standard InChI is InChI=1S/C9H7Cl2F2NO2/c10-3-6-8(11)4(2-7(15)16)1-5(14-6)9(12)13/h1,9H,2-3H2,(H,15,16). The van der Waals surface area contributed by atoms with E-state index < -0.39 is 24.5 Å². The van der Waals surface area contributed by atoms with Crippen LogP contribution in [-0.4, -0.2) is 16.1 Å². The fourth-order valence-electron chi connectivity index (χ4n) is 1.16. The lowest BCUT2D eigenvalue weighted by molar-refractivity contribution is -0.136. The number of carbonyl (C=O) groups is 1. The van der Waals surface area contributed by atoms with Crippen LogP contribution < -0.4 is 0 Å². The average molecular weight is 270 g/mol. The highest BCUT2D eigenvalue weighted by atomic mass is 35.5. The number of nitrogens with zero attached hydrogens (tertiary/aromatic N) is 1. The number of pyridine rings is 1. The van der Waals surface area contributed by atoms with Crippen molar-refractivity contribution in [3.63, 3.8) is 0 Å². The van der Waals surface area contributed by atoms with Gasteiger partial charge >= 0.3 is 5.97 Å². The summed E-state index contributed by atoms with van der Waals surface area (Å²) in [6.07, 6.45) is -3.22. The predicted octanol–water partition coefficient (Wildman–Crippen LogP) is 3.04. The minimum Gasteiger partial charge on any atom is -0.481 e. The van der Waals surface area contributed by atoms with Crippen LogP contribution in [0.4, 0.5) is 8.78 Å². The van der Waals surface area contributed by atoms with Gasteiger partial charge in [-0.05, 0) is 11.6 Å². The second kappa shape index (κ2) is 5.41. The molecule has 1 aromatic rings. The molecule has 7 heteroatoms. The van der Waals surface area contributed by atoms with Gasteiger partial charge < -0.3 is 5.11 Å². The fourth-order valence-corrected chi connectivity index (χ4v) is 1.65. The maximum Gasteiger partial charge on any atom is 0.307 e. The first kappa shape index (κ1) is 13.1. The van der Waals surface area contributed by atoms with Gasteiger partial charge in [-0.25, -0.2) is 13.8 Å². The van der Waals surface area contributed by atoms with Crippen molar-refractivity contribution in [2.45, 2.75) is 18.7 Å². The van der Waals surface area contributed by atoms with Crippen molar-refractivity contribution in [2.24, 2.45) is 0 Å². The maximum absolute atomic E-state index is 12.4. The molecule has 0 aromatic carbocycles. The molecule has 0 saturated heterocycles. The first-order valence-corrected chi connectivity index (χ1v) is 5.11. The molecule has 0 amide bonds. The summed E-state index contributed by atoms with van der Waals surface area (Å²) in [6.45, 7) is 0. The van der Waals surface area contributed by atoms with Crippen molar-refractivity contribution >= 4 is 29.2 Å². The van der Waals surface area contributed by atoms with E-state index in [4.69, 9.17) is 28.3 Å². The molecule has 16 heavy (non-hydrogen) atoms. The van der Waals surface area contributed by atoms with E-state index in [2.05, 4.69) is 4.98 Å². The Morgan fingerprint density at radius 3 is 2.62 bits per heavy atom. The number of rotatable bonds is 4. The van der Waals surface area contributed by atoms with Crippen LogP contribution in [0, 0.1) is 0 Å². The average Bonchev–Trinajstić information content (AvgIpc) is 2.20. The molecule has 0 fully saturated rings. The topological polar surface area (TPSA) is 50.2 Å². The zero-order chi connectivity index (χ0) is 12.3. The lowest BCUT2D eigenvalue weighted by Gasteiger charge is -2.08. The molecule has 0 radical (unpaired) electrons. The van der Waals surface area contributed by atoms with Crippen LogP contribution in [0.1, 0.15) is 23.4 Å². The molecule has 1 aromatic heterocycles. The Balaban J connectivity index is 3.24. The summed E-state index contributed by atoms with van der Waals surface area (Å²) in [5.41, 5.74) is -0.358. The van der Waals surface area contributed by atoms with Gasteiger partial charge in [-0.15, -0.1) is 11.6 Å². The monoisotopic (exact) mass is 269 g/mol. The normalized spacial score (nSPS) is 10.8. The molecule has 1 rings (SSSR count). The van der Waals surface area contributed by atoms with Crippen LogP contribution in [0.2, 0.25) is 5.02 Å². The minimum absolute atomic E-state index is 0.0294. The lowest BCUT2D eigenvalue weighted by atomic mass is 10.1. The molecular formula is C9H7Cl2F2NO2. The van der Waals surface area contributed by atoms with Crippen molar-refractivity contribution in [1.82, 2.24) is 4.98 Å². The quantitative estimate of drug-likeness (QED) is 0.855. The van der Waals surface area contributed by atoms with Gasteiger partial charge in [0.25, 0.3) is 6.43 Å². The van der Waals surface area contributed by atoms with Gasteiger partial charge in [0, 0.05) is 0 Å². The molecule has 0 aliphatic carbocycles. The number of aliphatic carboxylic acids is 1. The van der Waals surface area contributed by atoms with Gasteiger partial charge in [-0.1, -0.05) is 11.6 Å². The van der Waals surface area contributed by atoms with E-state index in [9.17, 15) is 13.6 Å². The van der Waals surface area contributed by atoms with Crippen molar-refractivity contribution in [1.29, 1.82) is 0 Å². The fraction of sp³-hybridized carbons (Fsp3) is 0.333. The number of alkyl halides is 3. The van der Waals surface area contributed by atoms with Crippen LogP contribution in [0.25, 0.3) is 0 Å². The van der Waals surface area contributed by atoms with E-state index in [0.29, 0.717) is 0 Å². The van der Waals surface area contributed by atoms with Crippen LogP contribution >= 0.6 is 23.2 Å². The Kier molecular flexibility index (Phi) is 4.44. The molecule has 0 bridgehead atoms. The molecule has 0 unspecified atom stereocenters. The van der Waals surface area contributed by atoms with Crippen LogP contribution in [0.5, 0.6) is 0 Å². The molecule has 1 N–H and O–H groups in total. The molecular weight excluding hydrogens is 263 g/mol. The largest absolute Gasteiger partial charge is 0.481 e. The molecule has 0 atom stereocenters. The van der Waals surface area contributed by atoms with E-state index in [1.165, 1.54) is 0 Å². The number of aromatic nitrogens is 1. The van der Waals surface area contributed by atoms with E-state index >= 15 is 0 Å². The second-order valence-electron chi connectivity index (χ2n) is 2.97. The number of carboxylic acids is 1. The SMILES string of the molecule is O=C(O)Cc1cc(C(F)F)nc(CCl)c1Cl. The molecule has 3 nitrogen and oxygen atoms in total. The zero-order valence-electron chi connectivity index (χ0n) is 7.88. The maximum atomic E-state index is 12.4. The Labute approximate surface area is 100 Å². The summed E-state index contributed by atoms with van der Waals surface area (Å²) >= 11 is 11.3. The van der Waals surface area contributed by atoms with Gasteiger partial charge in [-0.2, -0.15) is 0 Å². The minimum atomic E-state index is -2.79. The van der Waals surface area contributed by atoms with Crippen molar-refractivity contribution in [3.8, 4) is 0 Å². The zero-order valence-corrected chi connectivity index (χ0v) is 9.40.